The van der Waals surface area contributed by atoms with Crippen LogP contribution in [0, 0.1) is 5.41 Å². The first-order valence-corrected chi connectivity index (χ1v) is 9.68. The molecule has 2 N–H and O–H groups in total. The van der Waals surface area contributed by atoms with Crippen molar-refractivity contribution < 1.29 is 19.1 Å². The summed E-state index contributed by atoms with van der Waals surface area (Å²) in [6.07, 6.45) is 1.38. The van der Waals surface area contributed by atoms with E-state index in [1.54, 1.807) is 32.7 Å². The van der Waals surface area contributed by atoms with Crippen molar-refractivity contribution in [2.45, 2.75) is 52.3 Å². The van der Waals surface area contributed by atoms with Crippen LogP contribution >= 0.6 is 0 Å². The van der Waals surface area contributed by atoms with Gasteiger partial charge in [-0.3, -0.25) is 14.4 Å². The molecule has 0 bridgehead atoms. The first-order chi connectivity index (χ1) is 13.2. The Morgan fingerprint density at radius 2 is 1.89 bits per heavy atom. The van der Waals surface area contributed by atoms with Crippen LogP contribution in [-0.4, -0.2) is 54.9 Å². The van der Waals surface area contributed by atoms with Crippen molar-refractivity contribution in [3.8, 4) is 0 Å². The average Bonchev–Trinajstić information content (AvgIpc) is 3.15. The molecule has 154 valence electrons. The van der Waals surface area contributed by atoms with Gasteiger partial charge in [-0.1, -0.05) is 51.1 Å². The van der Waals surface area contributed by atoms with Gasteiger partial charge in [0.2, 0.25) is 17.7 Å². The summed E-state index contributed by atoms with van der Waals surface area (Å²) < 4.78 is 5.74. The zero-order valence-electron chi connectivity index (χ0n) is 17.2. The minimum atomic E-state index is -0.833. The van der Waals surface area contributed by atoms with E-state index in [0.717, 1.165) is 12.0 Å². The van der Waals surface area contributed by atoms with Gasteiger partial charge >= 0.3 is 0 Å². The topological polar surface area (TPSA) is 87.7 Å². The average molecular weight is 389 g/mol. The minimum Gasteiger partial charge on any atom is -0.374 e. The molecule has 0 spiro atoms. The number of rotatable bonds is 7. The smallest absolute Gasteiger partial charge is 0.248 e. The lowest BCUT2D eigenvalue weighted by atomic mass is 9.95. The molecular weight excluding hydrogens is 358 g/mol. The van der Waals surface area contributed by atoms with Gasteiger partial charge in [0.05, 0.1) is 13.2 Å². The van der Waals surface area contributed by atoms with E-state index in [9.17, 15) is 14.4 Å². The summed E-state index contributed by atoms with van der Waals surface area (Å²) in [7, 11) is 1.56. The fourth-order valence-electron chi connectivity index (χ4n) is 3.09. The second kappa shape index (κ2) is 9.68. The number of nitrogens with one attached hydrogen (secondary N) is 2. The molecular formula is C21H31N3O4. The molecule has 7 nitrogen and oxygen atoms in total. The maximum Gasteiger partial charge on any atom is 0.248 e. The molecule has 0 aromatic heterocycles. The zero-order valence-corrected chi connectivity index (χ0v) is 17.2. The molecule has 28 heavy (non-hydrogen) atoms. The maximum absolute atomic E-state index is 13.1. The second-order valence-corrected chi connectivity index (χ2v) is 8.08. The summed E-state index contributed by atoms with van der Waals surface area (Å²) in [6.45, 7) is 6.26. The van der Waals surface area contributed by atoms with Gasteiger partial charge in [-0.25, -0.2) is 0 Å². The number of hydrogen-bond donors (Lipinski definition) is 2. The molecule has 1 heterocycles. The monoisotopic (exact) mass is 389 g/mol. The lowest BCUT2D eigenvalue weighted by Crippen LogP contribution is -2.56. The Morgan fingerprint density at radius 1 is 1.21 bits per heavy atom. The van der Waals surface area contributed by atoms with E-state index in [2.05, 4.69) is 10.6 Å². The van der Waals surface area contributed by atoms with Gasteiger partial charge in [0.15, 0.2) is 0 Å². The van der Waals surface area contributed by atoms with Crippen LogP contribution in [0.25, 0.3) is 0 Å². The number of amides is 3. The van der Waals surface area contributed by atoms with E-state index in [1.807, 2.05) is 30.3 Å². The van der Waals surface area contributed by atoms with Gasteiger partial charge in [-0.05, 0) is 18.4 Å². The SMILES string of the molecule is CNC(=O)[C@@H]1CCCN1C(=O)[C@H](COCc1ccccc1)NC(=O)C(C)(C)C. The highest BCUT2D eigenvalue weighted by Crippen LogP contribution is 2.20. The summed E-state index contributed by atoms with van der Waals surface area (Å²) in [4.78, 5) is 39.3. The predicted octanol–water partition coefficient (Wildman–Crippen LogP) is 1.47. The number of likely N-dealkylation sites (tertiary alicyclic amines) is 1. The largest absolute Gasteiger partial charge is 0.374 e. The Hall–Kier alpha value is -2.41. The van der Waals surface area contributed by atoms with Crippen molar-refractivity contribution in [3.05, 3.63) is 35.9 Å². The number of benzene rings is 1. The van der Waals surface area contributed by atoms with Gasteiger partial charge < -0.3 is 20.3 Å². The number of ether oxygens (including phenoxy) is 1. The van der Waals surface area contributed by atoms with Crippen molar-refractivity contribution in [2.24, 2.45) is 5.41 Å². The van der Waals surface area contributed by atoms with Crippen LogP contribution in [0.4, 0.5) is 0 Å². The zero-order chi connectivity index (χ0) is 20.7. The van der Waals surface area contributed by atoms with Crippen LogP contribution in [0.3, 0.4) is 0 Å². The van der Waals surface area contributed by atoms with Crippen LogP contribution in [0.1, 0.15) is 39.2 Å². The van der Waals surface area contributed by atoms with Gasteiger partial charge in [-0.15, -0.1) is 0 Å². The standard InChI is InChI=1S/C21H31N3O4/c1-21(2,3)20(27)23-16(14-28-13-15-9-6-5-7-10-15)19(26)24-12-8-11-17(24)18(25)22-4/h5-7,9-10,16-17H,8,11-14H2,1-4H3,(H,22,25)(H,23,27)/t16-,17-/m0/s1. The Morgan fingerprint density at radius 3 is 2.50 bits per heavy atom. The summed E-state index contributed by atoms with van der Waals surface area (Å²) in [5.74, 6) is -0.696. The molecule has 1 aromatic carbocycles. The fraction of sp³-hybridized carbons (Fsp3) is 0.571. The number of carbonyl (C=O) groups excluding carboxylic acids is 3. The van der Waals surface area contributed by atoms with Crippen molar-refractivity contribution in [1.82, 2.24) is 15.5 Å². The summed E-state index contributed by atoms with van der Waals surface area (Å²) in [5, 5.41) is 5.42. The van der Waals surface area contributed by atoms with Crippen LogP contribution in [0.2, 0.25) is 0 Å². The molecule has 1 aliphatic heterocycles. The highest BCUT2D eigenvalue weighted by atomic mass is 16.5. The van der Waals surface area contributed by atoms with Gasteiger partial charge in [-0.2, -0.15) is 0 Å². The molecule has 3 amide bonds. The highest BCUT2D eigenvalue weighted by molar-refractivity contribution is 5.93. The van der Waals surface area contributed by atoms with Gasteiger partial charge in [0.1, 0.15) is 12.1 Å². The molecule has 7 heteroatoms. The van der Waals surface area contributed by atoms with Gasteiger partial charge in [0, 0.05) is 19.0 Å². The molecule has 1 fully saturated rings. The van der Waals surface area contributed by atoms with E-state index >= 15 is 0 Å². The molecule has 2 rings (SSSR count). The third-order valence-corrected chi connectivity index (χ3v) is 4.77. The molecule has 1 aliphatic rings. The lowest BCUT2D eigenvalue weighted by molar-refractivity contribution is -0.144. The molecule has 0 radical (unpaired) electrons. The Kier molecular flexibility index (Phi) is 7.57. The molecule has 1 saturated heterocycles. The van der Waals surface area contributed by atoms with E-state index in [4.69, 9.17) is 4.74 Å². The quantitative estimate of drug-likeness (QED) is 0.739. The maximum atomic E-state index is 13.1. The van der Waals surface area contributed by atoms with Crippen LogP contribution in [0.5, 0.6) is 0 Å². The third-order valence-electron chi connectivity index (χ3n) is 4.77. The minimum absolute atomic E-state index is 0.0481. The number of nitrogens with zero attached hydrogens (tertiary/aromatic N) is 1. The van der Waals surface area contributed by atoms with E-state index in [1.165, 1.54) is 0 Å². The normalized spacial score (nSPS) is 17.9. The second-order valence-electron chi connectivity index (χ2n) is 8.08. The van der Waals surface area contributed by atoms with Crippen LogP contribution in [-0.2, 0) is 25.7 Å². The van der Waals surface area contributed by atoms with E-state index in [0.29, 0.717) is 19.6 Å². The van der Waals surface area contributed by atoms with Crippen LogP contribution in [0.15, 0.2) is 30.3 Å². The molecule has 1 aromatic rings. The molecule has 2 atom stereocenters. The summed E-state index contributed by atoms with van der Waals surface area (Å²) >= 11 is 0. The first kappa shape index (κ1) is 21.9. The molecule has 0 saturated carbocycles. The van der Waals surface area contributed by atoms with Crippen molar-refractivity contribution in [1.29, 1.82) is 0 Å². The number of hydrogen-bond acceptors (Lipinski definition) is 4. The van der Waals surface area contributed by atoms with Crippen LogP contribution < -0.4 is 10.6 Å². The van der Waals surface area contributed by atoms with E-state index < -0.39 is 17.5 Å². The summed E-state index contributed by atoms with van der Waals surface area (Å²) in [6, 6.07) is 8.30. The third kappa shape index (κ3) is 5.79. The molecule has 0 unspecified atom stereocenters. The van der Waals surface area contributed by atoms with Crippen molar-refractivity contribution in [2.75, 3.05) is 20.2 Å². The van der Waals surface area contributed by atoms with E-state index in [-0.39, 0.29) is 24.3 Å². The lowest BCUT2D eigenvalue weighted by Gasteiger charge is -2.30. The van der Waals surface area contributed by atoms with Crippen molar-refractivity contribution in [3.63, 3.8) is 0 Å². The highest BCUT2D eigenvalue weighted by Gasteiger charge is 2.38. The number of likely N-dealkylation sites (N-methyl/N-ethyl adjacent to an activating group) is 1. The summed E-state index contributed by atoms with van der Waals surface area (Å²) in [5.41, 5.74) is 0.351. The first-order valence-electron chi connectivity index (χ1n) is 9.68. The van der Waals surface area contributed by atoms with Gasteiger partial charge in [0.25, 0.3) is 0 Å². The molecule has 0 aliphatic carbocycles. The number of carbonyl (C=O) groups is 3. The Bertz CT molecular complexity index is 685. The Balaban J connectivity index is 2.08. The Labute approximate surface area is 166 Å². The van der Waals surface area contributed by atoms with Crippen molar-refractivity contribution >= 4 is 17.7 Å². The predicted molar refractivity (Wildman–Crippen MR) is 106 cm³/mol. The fourth-order valence-corrected chi connectivity index (χ4v) is 3.09.